The molecule has 0 heterocycles. The monoisotopic (exact) mass is 228 g/mol. The fraction of sp³-hybridized carbons (Fsp3) is 0.846. The summed E-state index contributed by atoms with van der Waals surface area (Å²) in [6.45, 7) is 5.83. The Bertz CT molecular complexity index is 211. The lowest BCUT2D eigenvalue weighted by molar-refractivity contribution is -0.162. The number of rotatable bonds is 8. The van der Waals surface area contributed by atoms with Crippen LogP contribution in [-0.2, 0) is 14.3 Å². The largest absolute Gasteiger partial charge is 0.393 e. The van der Waals surface area contributed by atoms with Crippen LogP contribution in [0.5, 0.6) is 0 Å². The Morgan fingerprint density at radius 3 is 2.25 bits per heavy atom. The molecule has 0 rings (SSSR count). The molecule has 16 heavy (non-hydrogen) atoms. The summed E-state index contributed by atoms with van der Waals surface area (Å²) in [7, 11) is 0. The number of carbonyl (C=O) groups is 2. The van der Waals surface area contributed by atoms with Crippen molar-refractivity contribution in [3.63, 3.8) is 0 Å². The number of hydrogen-bond acceptors (Lipinski definition) is 3. The zero-order valence-corrected chi connectivity index (χ0v) is 10.8. The molecule has 0 aromatic heterocycles. The Kier molecular flexibility index (Phi) is 8.87. The fourth-order valence-corrected chi connectivity index (χ4v) is 1.30. The first-order valence-electron chi connectivity index (χ1n) is 6.36. The van der Waals surface area contributed by atoms with E-state index in [0.717, 1.165) is 19.3 Å². The maximum absolute atomic E-state index is 11.3. The molecule has 1 atom stereocenters. The average molecular weight is 228 g/mol. The van der Waals surface area contributed by atoms with Crippen molar-refractivity contribution < 1.29 is 14.3 Å². The summed E-state index contributed by atoms with van der Waals surface area (Å²) in [6.07, 6.45) is 6.50. The van der Waals surface area contributed by atoms with Gasteiger partial charge < -0.3 is 4.74 Å². The van der Waals surface area contributed by atoms with Crippen molar-refractivity contribution in [2.75, 3.05) is 0 Å². The Morgan fingerprint density at radius 2 is 1.69 bits per heavy atom. The molecule has 0 N–H and O–H groups in total. The predicted molar refractivity (Wildman–Crippen MR) is 63.9 cm³/mol. The number of ether oxygens (including phenoxy) is 1. The number of esters is 2. The minimum atomic E-state index is -0.388. The van der Waals surface area contributed by atoms with Gasteiger partial charge in [-0.2, -0.15) is 0 Å². The Labute approximate surface area is 98.6 Å². The van der Waals surface area contributed by atoms with Crippen molar-refractivity contribution in [1.29, 1.82) is 0 Å². The van der Waals surface area contributed by atoms with Gasteiger partial charge in [0.25, 0.3) is 0 Å². The summed E-state index contributed by atoms with van der Waals surface area (Å²) in [4.78, 5) is 22.5. The molecule has 0 bridgehead atoms. The molecule has 0 aliphatic carbocycles. The smallest absolute Gasteiger partial charge is 0.316 e. The van der Waals surface area contributed by atoms with E-state index in [9.17, 15) is 9.59 Å². The van der Waals surface area contributed by atoms with Crippen LogP contribution in [0.4, 0.5) is 0 Å². The van der Waals surface area contributed by atoms with Crippen molar-refractivity contribution >= 4 is 11.9 Å². The molecule has 0 aliphatic heterocycles. The molecule has 0 aliphatic rings. The van der Waals surface area contributed by atoms with Crippen molar-refractivity contribution in [2.24, 2.45) is 5.92 Å². The van der Waals surface area contributed by atoms with Crippen LogP contribution in [0, 0.1) is 5.92 Å². The van der Waals surface area contributed by atoms with Gasteiger partial charge in [0.1, 0.15) is 0 Å². The van der Waals surface area contributed by atoms with E-state index in [1.807, 2.05) is 6.92 Å². The molecule has 3 heteroatoms. The van der Waals surface area contributed by atoms with E-state index in [0.29, 0.717) is 12.8 Å². The van der Waals surface area contributed by atoms with Gasteiger partial charge in [-0.15, -0.1) is 0 Å². The molecular weight excluding hydrogens is 204 g/mol. The van der Waals surface area contributed by atoms with Gasteiger partial charge in [0, 0.05) is 6.42 Å². The van der Waals surface area contributed by atoms with E-state index in [2.05, 4.69) is 6.92 Å². The first kappa shape index (κ1) is 15.1. The van der Waals surface area contributed by atoms with E-state index in [1.165, 1.54) is 12.8 Å². The van der Waals surface area contributed by atoms with E-state index in [1.54, 1.807) is 6.92 Å². The Hall–Kier alpha value is -0.860. The van der Waals surface area contributed by atoms with Crippen molar-refractivity contribution in [3.8, 4) is 0 Å². The second kappa shape index (κ2) is 9.37. The van der Waals surface area contributed by atoms with Gasteiger partial charge in [0.05, 0.1) is 5.92 Å². The third-order valence-electron chi connectivity index (χ3n) is 2.71. The van der Waals surface area contributed by atoms with Gasteiger partial charge in [-0.1, -0.05) is 46.5 Å². The molecule has 0 radical (unpaired) electrons. The van der Waals surface area contributed by atoms with Crippen LogP contribution in [-0.4, -0.2) is 11.9 Å². The normalized spacial score (nSPS) is 12.2. The van der Waals surface area contributed by atoms with Crippen LogP contribution < -0.4 is 0 Å². The molecule has 0 aromatic carbocycles. The lowest BCUT2D eigenvalue weighted by Crippen LogP contribution is -2.18. The molecular formula is C13H24O3. The lowest BCUT2D eigenvalue weighted by Gasteiger charge is -2.07. The van der Waals surface area contributed by atoms with Gasteiger partial charge >= 0.3 is 11.9 Å². The van der Waals surface area contributed by atoms with Crippen molar-refractivity contribution in [2.45, 2.75) is 65.7 Å². The van der Waals surface area contributed by atoms with E-state index in [4.69, 9.17) is 4.74 Å². The van der Waals surface area contributed by atoms with Crippen molar-refractivity contribution in [3.05, 3.63) is 0 Å². The first-order valence-corrected chi connectivity index (χ1v) is 6.36. The lowest BCUT2D eigenvalue weighted by atomic mass is 10.1. The summed E-state index contributed by atoms with van der Waals surface area (Å²) in [5.41, 5.74) is 0. The highest BCUT2D eigenvalue weighted by Crippen LogP contribution is 2.08. The highest BCUT2D eigenvalue weighted by Gasteiger charge is 2.15. The van der Waals surface area contributed by atoms with Gasteiger partial charge in [-0.05, 0) is 12.8 Å². The molecule has 0 aromatic rings. The molecule has 0 fully saturated rings. The SMILES string of the molecule is CCCCCCCC(=O)OC(=O)C(C)CC. The third kappa shape index (κ3) is 7.43. The highest BCUT2D eigenvalue weighted by atomic mass is 16.6. The summed E-state index contributed by atoms with van der Waals surface area (Å²) >= 11 is 0. The Morgan fingerprint density at radius 1 is 1.06 bits per heavy atom. The molecule has 0 spiro atoms. The average Bonchev–Trinajstić information content (AvgIpc) is 2.27. The second-order valence-corrected chi connectivity index (χ2v) is 4.27. The van der Waals surface area contributed by atoms with Crippen LogP contribution in [0.3, 0.4) is 0 Å². The molecule has 0 saturated carbocycles. The van der Waals surface area contributed by atoms with Crippen LogP contribution >= 0.6 is 0 Å². The third-order valence-corrected chi connectivity index (χ3v) is 2.71. The summed E-state index contributed by atoms with van der Waals surface area (Å²) in [6, 6.07) is 0. The highest BCUT2D eigenvalue weighted by molar-refractivity contribution is 5.86. The van der Waals surface area contributed by atoms with E-state index in [-0.39, 0.29) is 17.9 Å². The number of carbonyl (C=O) groups excluding carboxylic acids is 2. The topological polar surface area (TPSA) is 43.4 Å². The van der Waals surface area contributed by atoms with Crippen molar-refractivity contribution in [1.82, 2.24) is 0 Å². The van der Waals surface area contributed by atoms with Gasteiger partial charge in [-0.25, -0.2) is 0 Å². The molecule has 94 valence electrons. The molecule has 3 nitrogen and oxygen atoms in total. The number of hydrogen-bond donors (Lipinski definition) is 0. The summed E-state index contributed by atoms with van der Waals surface area (Å²) < 4.78 is 4.73. The van der Waals surface area contributed by atoms with Gasteiger partial charge in [0.2, 0.25) is 0 Å². The predicted octanol–water partition coefficient (Wildman–Crippen LogP) is 3.46. The standard InChI is InChI=1S/C13H24O3/c1-4-6-7-8-9-10-12(14)16-13(15)11(3)5-2/h11H,4-10H2,1-3H3. The minimum absolute atomic E-state index is 0.177. The zero-order valence-electron chi connectivity index (χ0n) is 10.8. The van der Waals surface area contributed by atoms with Crippen LogP contribution in [0.2, 0.25) is 0 Å². The molecule has 0 saturated heterocycles. The first-order chi connectivity index (χ1) is 7.61. The van der Waals surface area contributed by atoms with Gasteiger partial charge in [-0.3, -0.25) is 9.59 Å². The maximum Gasteiger partial charge on any atom is 0.316 e. The molecule has 1 unspecified atom stereocenters. The maximum atomic E-state index is 11.3. The molecule has 0 amide bonds. The van der Waals surface area contributed by atoms with Crippen LogP contribution in [0.25, 0.3) is 0 Å². The van der Waals surface area contributed by atoms with Gasteiger partial charge in [0.15, 0.2) is 0 Å². The zero-order chi connectivity index (χ0) is 12.4. The van der Waals surface area contributed by atoms with E-state index >= 15 is 0 Å². The van der Waals surface area contributed by atoms with Crippen LogP contribution in [0.15, 0.2) is 0 Å². The summed E-state index contributed by atoms with van der Waals surface area (Å²) in [5.74, 6) is -0.938. The minimum Gasteiger partial charge on any atom is -0.393 e. The Balaban J connectivity index is 3.55. The number of unbranched alkanes of at least 4 members (excludes halogenated alkanes) is 4. The second-order valence-electron chi connectivity index (χ2n) is 4.27. The summed E-state index contributed by atoms with van der Waals surface area (Å²) in [5, 5.41) is 0. The fourth-order valence-electron chi connectivity index (χ4n) is 1.30. The van der Waals surface area contributed by atoms with Crippen LogP contribution in [0.1, 0.15) is 65.7 Å². The van der Waals surface area contributed by atoms with E-state index < -0.39 is 0 Å². The quantitative estimate of drug-likeness (QED) is 0.363.